The van der Waals surface area contributed by atoms with E-state index in [0.29, 0.717) is 4.48 Å². The molecule has 0 aliphatic heterocycles. The van der Waals surface area contributed by atoms with E-state index >= 15 is 0 Å². The normalized spacial score (nSPS) is 14.5. The first-order chi connectivity index (χ1) is 12.4. The van der Waals surface area contributed by atoms with Crippen LogP contribution in [0.25, 0.3) is 0 Å². The summed E-state index contributed by atoms with van der Waals surface area (Å²) in [6, 6.07) is -0.207. The lowest BCUT2D eigenvalue weighted by molar-refractivity contribution is -0.899. The molecule has 5 nitrogen and oxygen atoms in total. The maximum atomic E-state index is 10.3. The summed E-state index contributed by atoms with van der Waals surface area (Å²) in [7, 11) is 5.92. The topological polar surface area (TPSA) is 58.9 Å². The third-order valence-corrected chi connectivity index (χ3v) is 4.99. The van der Waals surface area contributed by atoms with E-state index in [2.05, 4.69) is 23.2 Å². The Morgan fingerprint density at radius 3 is 1.88 bits per heavy atom. The van der Waals surface area contributed by atoms with Crippen molar-refractivity contribution in [1.82, 2.24) is 0 Å². The molecule has 0 aromatic rings. The largest absolute Gasteiger partial charge is 0.383 e. The van der Waals surface area contributed by atoms with Crippen molar-refractivity contribution in [3.05, 3.63) is 17.1 Å². The van der Waals surface area contributed by atoms with Crippen molar-refractivity contribution in [2.24, 2.45) is 5.34 Å². The predicted molar refractivity (Wildman–Crippen MR) is 110 cm³/mol. The van der Waals surface area contributed by atoms with Crippen molar-refractivity contribution in [1.29, 1.82) is 0 Å². The van der Waals surface area contributed by atoms with Crippen molar-refractivity contribution in [3.63, 3.8) is 0 Å². The van der Waals surface area contributed by atoms with E-state index < -0.39 is 6.10 Å². The summed E-state index contributed by atoms with van der Waals surface area (Å²) >= 11 is 0. The molecule has 0 bridgehead atoms. The van der Waals surface area contributed by atoms with Crippen LogP contribution in [0.3, 0.4) is 0 Å². The molecule has 0 aliphatic carbocycles. The van der Waals surface area contributed by atoms with Gasteiger partial charge in [0.1, 0.15) is 6.10 Å². The van der Waals surface area contributed by atoms with Gasteiger partial charge in [-0.05, 0) is 12.8 Å². The van der Waals surface area contributed by atoms with E-state index in [0.717, 1.165) is 6.42 Å². The monoisotopic (exact) mass is 371 g/mol. The van der Waals surface area contributed by atoms with Crippen LogP contribution >= 0.6 is 0 Å². The van der Waals surface area contributed by atoms with Crippen molar-refractivity contribution in [2.75, 3.05) is 27.7 Å². The van der Waals surface area contributed by atoms with Crippen LogP contribution in [0.5, 0.6) is 0 Å². The Kier molecular flexibility index (Phi) is 15.7. The molecule has 0 rings (SSSR count). The molecule has 0 amide bonds. The second kappa shape index (κ2) is 16.2. The predicted octanol–water partition coefficient (Wildman–Crippen LogP) is 5.38. The summed E-state index contributed by atoms with van der Waals surface area (Å²) in [6.45, 7) is 2.38. The Morgan fingerprint density at radius 1 is 0.923 bits per heavy atom. The lowest BCUT2D eigenvalue weighted by Gasteiger charge is -2.34. The Hall–Kier alpha value is -0.940. The number of allylic oxidation sites excluding steroid dienone is 1. The molecule has 154 valence electrons. The first kappa shape index (κ1) is 25.1. The highest BCUT2D eigenvalue weighted by Crippen LogP contribution is 2.13. The summed E-state index contributed by atoms with van der Waals surface area (Å²) in [5.41, 5.74) is 0. The van der Waals surface area contributed by atoms with Gasteiger partial charge in [-0.2, -0.15) is 0 Å². The first-order valence-corrected chi connectivity index (χ1v) is 10.5. The number of quaternary nitrogens is 1. The zero-order chi connectivity index (χ0) is 19.7. The van der Waals surface area contributed by atoms with Gasteiger partial charge in [0.15, 0.2) is 18.0 Å². The lowest BCUT2D eigenvalue weighted by Crippen LogP contribution is -2.53. The molecule has 0 spiro atoms. The highest BCUT2D eigenvalue weighted by atomic mass is 16.7. The van der Waals surface area contributed by atoms with Gasteiger partial charge in [0.25, 0.3) is 0 Å². The van der Waals surface area contributed by atoms with E-state index in [1.165, 1.54) is 70.6 Å². The van der Waals surface area contributed by atoms with Crippen molar-refractivity contribution in [2.45, 2.75) is 96.1 Å². The van der Waals surface area contributed by atoms with Gasteiger partial charge < -0.3 is 14.4 Å². The highest BCUT2D eigenvalue weighted by Gasteiger charge is 2.31. The number of hydrogen-bond donors (Lipinski definition) is 1. The minimum absolute atomic E-state index is 0.122. The molecule has 0 fully saturated rings. The van der Waals surface area contributed by atoms with Gasteiger partial charge in [-0.1, -0.05) is 83.3 Å². The molecular weight excluding hydrogens is 328 g/mol. The smallest absolute Gasteiger partial charge is 0.175 e. The Bertz CT molecular complexity index is 354. The van der Waals surface area contributed by atoms with E-state index in [1.807, 2.05) is 27.2 Å². The van der Waals surface area contributed by atoms with Crippen LogP contribution in [0.2, 0.25) is 0 Å². The fourth-order valence-corrected chi connectivity index (χ4v) is 3.18. The first-order valence-electron chi connectivity index (χ1n) is 10.5. The maximum absolute atomic E-state index is 10.3. The number of aliphatic hydroxyl groups excluding tert-OH is 1. The van der Waals surface area contributed by atoms with Gasteiger partial charge >= 0.3 is 0 Å². The fraction of sp³-hybridized carbons (Fsp3) is 0.905. The van der Waals surface area contributed by atoms with Gasteiger partial charge in [-0.25, -0.2) is 0 Å². The van der Waals surface area contributed by atoms with Gasteiger partial charge in [-0.3, -0.25) is 0 Å². The lowest BCUT2D eigenvalue weighted by atomic mass is 10.0. The van der Waals surface area contributed by atoms with Gasteiger partial charge in [0, 0.05) is 0 Å². The number of rotatable bonds is 18. The summed E-state index contributed by atoms with van der Waals surface area (Å²) in [5.74, 6) is 0. The van der Waals surface area contributed by atoms with E-state index in [9.17, 15) is 10.0 Å². The molecular formula is C21H43N2O3+. The fourth-order valence-electron chi connectivity index (χ4n) is 3.18. The van der Waals surface area contributed by atoms with E-state index in [1.54, 1.807) is 0 Å². The van der Waals surface area contributed by atoms with Crippen LogP contribution in [-0.4, -0.2) is 49.5 Å². The number of nitrogens with zero attached hydrogens (tertiary/aromatic N) is 2. The van der Waals surface area contributed by atoms with Crippen molar-refractivity contribution in [3.8, 4) is 0 Å². The second-order valence-electron chi connectivity index (χ2n) is 8.30. The minimum atomic E-state index is -0.635. The standard InChI is InChI=1S/C21H43N2O3/c1-5-6-7-8-9-10-11-12-13-14-15-16-17-18-21(24)20(19-26-22-25)23(2,3)4/h17-18,20-21,24H,5-16,19H2,1-4H3/q+1/t20?,21-/m0/s1. The number of hydrogen-bond acceptors (Lipinski definition) is 4. The molecule has 0 heterocycles. The molecule has 0 aromatic carbocycles. The average Bonchev–Trinajstić information content (AvgIpc) is 2.58. The quantitative estimate of drug-likeness (QED) is 0.116. The summed E-state index contributed by atoms with van der Waals surface area (Å²) < 4.78 is 0.513. The minimum Gasteiger partial charge on any atom is -0.383 e. The molecule has 1 unspecified atom stereocenters. The van der Waals surface area contributed by atoms with Crippen LogP contribution in [0.1, 0.15) is 84.0 Å². The van der Waals surface area contributed by atoms with Crippen LogP contribution in [0.15, 0.2) is 17.5 Å². The maximum Gasteiger partial charge on any atom is 0.175 e. The van der Waals surface area contributed by atoms with Crippen LogP contribution < -0.4 is 0 Å². The zero-order valence-corrected chi connectivity index (χ0v) is 17.7. The summed E-state index contributed by atoms with van der Waals surface area (Å²) in [4.78, 5) is 14.8. The van der Waals surface area contributed by atoms with Crippen LogP contribution in [0, 0.1) is 4.91 Å². The Morgan fingerprint density at radius 2 is 1.42 bits per heavy atom. The van der Waals surface area contributed by atoms with Crippen molar-refractivity contribution >= 4 is 0 Å². The molecule has 0 aromatic heterocycles. The third-order valence-electron chi connectivity index (χ3n) is 4.99. The molecule has 0 saturated heterocycles. The molecule has 26 heavy (non-hydrogen) atoms. The molecule has 1 N–H and O–H groups in total. The van der Waals surface area contributed by atoms with Gasteiger partial charge in [0.2, 0.25) is 0 Å². The average molecular weight is 372 g/mol. The number of likely N-dealkylation sites (N-methyl/N-ethyl adjacent to an activating group) is 1. The highest BCUT2D eigenvalue weighted by molar-refractivity contribution is 4.92. The molecule has 2 atom stereocenters. The Balaban J connectivity index is 3.71. The van der Waals surface area contributed by atoms with Crippen molar-refractivity contribution < 1.29 is 14.4 Å². The number of unbranched alkanes of at least 4 members (excludes halogenated alkanes) is 11. The second-order valence-corrected chi connectivity index (χ2v) is 8.30. The Labute approximate surface area is 161 Å². The van der Waals surface area contributed by atoms with Gasteiger partial charge in [0.05, 0.1) is 21.1 Å². The third kappa shape index (κ3) is 14.3. The summed E-state index contributed by atoms with van der Waals surface area (Å²) in [5, 5.41) is 12.8. The van der Waals surface area contributed by atoms with E-state index in [4.69, 9.17) is 0 Å². The number of aliphatic hydroxyl groups is 1. The molecule has 0 aliphatic rings. The van der Waals surface area contributed by atoms with Gasteiger partial charge in [-0.15, -0.1) is 4.91 Å². The molecule has 5 heteroatoms. The van der Waals surface area contributed by atoms with E-state index in [-0.39, 0.29) is 12.6 Å². The summed E-state index contributed by atoms with van der Waals surface area (Å²) in [6.07, 6.45) is 19.0. The molecule has 0 radical (unpaired) electrons. The SMILES string of the molecule is CCCCCCCCCCCCCC=C[C@H](O)C(CON=O)[N+](C)(C)C. The zero-order valence-electron chi connectivity index (χ0n) is 17.7. The van der Waals surface area contributed by atoms with Crippen LogP contribution in [-0.2, 0) is 4.84 Å². The van der Waals surface area contributed by atoms with Crippen LogP contribution in [0.4, 0.5) is 0 Å². The molecule has 0 saturated carbocycles.